The summed E-state index contributed by atoms with van der Waals surface area (Å²) in [5.41, 5.74) is 0.483. The number of aromatic nitrogens is 3. The lowest BCUT2D eigenvalue weighted by molar-refractivity contribution is 0.0717. The lowest BCUT2D eigenvalue weighted by atomic mass is 10.2. The van der Waals surface area contributed by atoms with E-state index in [0.717, 1.165) is 19.5 Å². The van der Waals surface area contributed by atoms with Crippen LogP contribution in [0.1, 0.15) is 22.6 Å². The Labute approximate surface area is 146 Å². The average molecular weight is 346 g/mol. The van der Waals surface area contributed by atoms with E-state index in [0.29, 0.717) is 24.6 Å². The highest BCUT2D eigenvalue weighted by atomic mass is 19.1. The number of benzene rings is 1. The first-order valence-corrected chi connectivity index (χ1v) is 8.40. The SMILES string of the molecule is CN(C)CCN(Cc1ccccc1F)C(=O)c1nc2n(n1)CCCN2. The molecule has 134 valence electrons. The van der Waals surface area contributed by atoms with Gasteiger partial charge < -0.3 is 15.1 Å². The molecule has 0 atom stereocenters. The van der Waals surface area contributed by atoms with Gasteiger partial charge in [0.2, 0.25) is 11.8 Å². The van der Waals surface area contributed by atoms with Gasteiger partial charge in [0.25, 0.3) is 5.91 Å². The van der Waals surface area contributed by atoms with Crippen LogP contribution in [-0.4, -0.2) is 64.2 Å². The van der Waals surface area contributed by atoms with Crippen LogP contribution < -0.4 is 5.32 Å². The van der Waals surface area contributed by atoms with Crippen LogP contribution in [0.3, 0.4) is 0 Å². The van der Waals surface area contributed by atoms with Crippen molar-refractivity contribution >= 4 is 11.9 Å². The Balaban J connectivity index is 1.81. The predicted molar refractivity (Wildman–Crippen MR) is 92.8 cm³/mol. The van der Waals surface area contributed by atoms with Crippen molar-refractivity contribution in [3.63, 3.8) is 0 Å². The summed E-state index contributed by atoms with van der Waals surface area (Å²) in [7, 11) is 3.87. The van der Waals surface area contributed by atoms with Gasteiger partial charge in [0, 0.05) is 38.3 Å². The normalized spacial score (nSPS) is 13.4. The van der Waals surface area contributed by atoms with Crippen LogP contribution in [0.25, 0.3) is 0 Å². The first-order valence-electron chi connectivity index (χ1n) is 8.40. The zero-order chi connectivity index (χ0) is 17.8. The number of hydrogen-bond donors (Lipinski definition) is 1. The highest BCUT2D eigenvalue weighted by Crippen LogP contribution is 2.15. The smallest absolute Gasteiger partial charge is 0.293 e. The molecule has 0 saturated carbocycles. The molecular weight excluding hydrogens is 323 g/mol. The molecule has 0 fully saturated rings. The van der Waals surface area contributed by atoms with E-state index in [2.05, 4.69) is 15.4 Å². The maximum Gasteiger partial charge on any atom is 0.293 e. The Hall–Kier alpha value is -2.48. The second-order valence-electron chi connectivity index (χ2n) is 6.38. The van der Waals surface area contributed by atoms with Gasteiger partial charge in [-0.1, -0.05) is 18.2 Å². The van der Waals surface area contributed by atoms with Crippen molar-refractivity contribution in [2.24, 2.45) is 0 Å². The van der Waals surface area contributed by atoms with Crippen LogP contribution in [0, 0.1) is 5.82 Å². The molecule has 0 unspecified atom stereocenters. The number of aryl methyl sites for hydroxylation is 1. The van der Waals surface area contributed by atoms with Crippen LogP contribution in [0.4, 0.5) is 10.3 Å². The number of nitrogens with one attached hydrogen (secondary N) is 1. The van der Waals surface area contributed by atoms with Gasteiger partial charge in [0.05, 0.1) is 0 Å². The number of nitrogens with zero attached hydrogens (tertiary/aromatic N) is 5. The van der Waals surface area contributed by atoms with Gasteiger partial charge in [-0.15, -0.1) is 5.10 Å². The van der Waals surface area contributed by atoms with Crippen molar-refractivity contribution in [2.45, 2.75) is 19.5 Å². The van der Waals surface area contributed by atoms with Crippen LogP contribution in [0.2, 0.25) is 0 Å². The van der Waals surface area contributed by atoms with Crippen molar-refractivity contribution < 1.29 is 9.18 Å². The van der Waals surface area contributed by atoms with E-state index in [1.54, 1.807) is 27.8 Å². The number of amides is 1. The second kappa shape index (κ2) is 7.60. The Bertz CT molecular complexity index is 721. The minimum atomic E-state index is -0.316. The highest BCUT2D eigenvalue weighted by Gasteiger charge is 2.24. The molecule has 1 N–H and O–H groups in total. The van der Waals surface area contributed by atoms with E-state index < -0.39 is 0 Å². The molecule has 0 spiro atoms. The molecule has 1 aromatic heterocycles. The molecule has 1 aromatic carbocycles. The number of rotatable bonds is 6. The molecule has 0 aliphatic carbocycles. The summed E-state index contributed by atoms with van der Waals surface area (Å²) in [5, 5.41) is 7.44. The standard InChI is InChI=1S/C17H23FN6O/c1-22(2)10-11-23(12-13-6-3-4-7-14(13)18)16(25)15-20-17-19-8-5-9-24(17)21-15/h3-4,6-7H,5,8-12H2,1-2H3,(H,19,20,21). The van der Waals surface area contributed by atoms with Gasteiger partial charge in [0.1, 0.15) is 5.82 Å². The zero-order valence-electron chi connectivity index (χ0n) is 14.6. The lowest BCUT2D eigenvalue weighted by Crippen LogP contribution is -2.37. The predicted octanol–water partition coefficient (Wildman–Crippen LogP) is 1.44. The van der Waals surface area contributed by atoms with Crippen molar-refractivity contribution in [3.8, 4) is 0 Å². The topological polar surface area (TPSA) is 66.3 Å². The average Bonchev–Trinajstić information content (AvgIpc) is 3.03. The van der Waals surface area contributed by atoms with Gasteiger partial charge >= 0.3 is 0 Å². The molecule has 1 aliphatic heterocycles. The first kappa shape index (κ1) is 17.3. The molecule has 1 aliphatic rings. The Kier molecular flexibility index (Phi) is 5.28. The van der Waals surface area contributed by atoms with E-state index in [4.69, 9.17) is 0 Å². The molecule has 1 amide bonds. The maximum absolute atomic E-state index is 14.0. The fourth-order valence-corrected chi connectivity index (χ4v) is 2.70. The summed E-state index contributed by atoms with van der Waals surface area (Å²) in [5.74, 6) is 0.172. The summed E-state index contributed by atoms with van der Waals surface area (Å²) in [6, 6.07) is 6.51. The quantitative estimate of drug-likeness (QED) is 0.857. The Morgan fingerprint density at radius 2 is 2.12 bits per heavy atom. The summed E-state index contributed by atoms with van der Waals surface area (Å²) in [6.45, 7) is 2.90. The summed E-state index contributed by atoms with van der Waals surface area (Å²) >= 11 is 0. The maximum atomic E-state index is 14.0. The second-order valence-corrected chi connectivity index (χ2v) is 6.38. The molecule has 0 radical (unpaired) electrons. The monoisotopic (exact) mass is 346 g/mol. The highest BCUT2D eigenvalue weighted by molar-refractivity contribution is 5.90. The third-order valence-corrected chi connectivity index (χ3v) is 4.12. The van der Waals surface area contributed by atoms with Gasteiger partial charge in [-0.05, 0) is 26.6 Å². The fraction of sp³-hybridized carbons (Fsp3) is 0.471. The minimum Gasteiger partial charge on any atom is -0.354 e. The first-order chi connectivity index (χ1) is 12.0. The lowest BCUT2D eigenvalue weighted by Gasteiger charge is -2.23. The van der Waals surface area contributed by atoms with Gasteiger partial charge in [0.15, 0.2) is 0 Å². The molecule has 3 rings (SSSR count). The molecule has 0 saturated heterocycles. The van der Waals surface area contributed by atoms with E-state index in [1.807, 2.05) is 19.0 Å². The van der Waals surface area contributed by atoms with E-state index in [1.165, 1.54) is 6.07 Å². The number of likely N-dealkylation sites (N-methyl/N-ethyl adjacent to an activating group) is 1. The molecule has 2 heterocycles. The number of carbonyl (C=O) groups excluding carboxylic acids is 1. The Morgan fingerprint density at radius 1 is 1.32 bits per heavy atom. The van der Waals surface area contributed by atoms with Crippen LogP contribution in [0.5, 0.6) is 0 Å². The number of hydrogen-bond acceptors (Lipinski definition) is 5. The number of halogens is 1. The van der Waals surface area contributed by atoms with Crippen LogP contribution in [0.15, 0.2) is 24.3 Å². The molecule has 25 heavy (non-hydrogen) atoms. The summed E-state index contributed by atoms with van der Waals surface area (Å²) < 4.78 is 15.7. The molecular formula is C17H23FN6O. The molecule has 2 aromatic rings. The van der Waals surface area contributed by atoms with Crippen molar-refractivity contribution in [1.29, 1.82) is 0 Å². The fourth-order valence-electron chi connectivity index (χ4n) is 2.70. The van der Waals surface area contributed by atoms with E-state index in [9.17, 15) is 9.18 Å². The van der Waals surface area contributed by atoms with Crippen molar-refractivity contribution in [1.82, 2.24) is 24.6 Å². The largest absolute Gasteiger partial charge is 0.354 e. The summed E-state index contributed by atoms with van der Waals surface area (Å²) in [4.78, 5) is 20.8. The molecule has 0 bridgehead atoms. The number of carbonyl (C=O) groups is 1. The Morgan fingerprint density at radius 3 is 2.84 bits per heavy atom. The summed E-state index contributed by atoms with van der Waals surface area (Å²) in [6.07, 6.45) is 0.948. The third kappa shape index (κ3) is 4.14. The molecule has 7 nitrogen and oxygen atoms in total. The van der Waals surface area contributed by atoms with E-state index in [-0.39, 0.29) is 24.1 Å². The zero-order valence-corrected chi connectivity index (χ0v) is 14.6. The van der Waals surface area contributed by atoms with E-state index >= 15 is 0 Å². The van der Waals surface area contributed by atoms with Crippen molar-refractivity contribution in [3.05, 3.63) is 41.5 Å². The minimum absolute atomic E-state index is 0.152. The van der Waals surface area contributed by atoms with Gasteiger partial charge in [-0.25, -0.2) is 9.07 Å². The third-order valence-electron chi connectivity index (χ3n) is 4.12. The van der Waals surface area contributed by atoms with Gasteiger partial charge in [-0.3, -0.25) is 4.79 Å². The number of anilines is 1. The van der Waals surface area contributed by atoms with Crippen LogP contribution in [-0.2, 0) is 13.1 Å². The molecule has 8 heteroatoms. The number of fused-ring (bicyclic) bond motifs is 1. The van der Waals surface area contributed by atoms with Crippen molar-refractivity contribution in [2.75, 3.05) is 39.0 Å². The van der Waals surface area contributed by atoms with Crippen LogP contribution >= 0.6 is 0 Å². The van der Waals surface area contributed by atoms with Gasteiger partial charge in [-0.2, -0.15) is 4.98 Å².